The van der Waals surface area contributed by atoms with E-state index in [1.165, 1.54) is 0 Å². The molecule has 0 spiro atoms. The fourth-order valence-corrected chi connectivity index (χ4v) is 2.67. The van der Waals surface area contributed by atoms with Gasteiger partial charge in [-0.2, -0.15) is 0 Å². The molecular formula is C11H10N4OS2. The number of nitrogens with zero attached hydrogens (tertiary/aromatic N) is 2. The van der Waals surface area contributed by atoms with Gasteiger partial charge in [0.2, 0.25) is 0 Å². The molecule has 7 heteroatoms. The minimum absolute atomic E-state index is 0.0551. The van der Waals surface area contributed by atoms with Crippen molar-refractivity contribution in [3.8, 4) is 0 Å². The summed E-state index contributed by atoms with van der Waals surface area (Å²) in [5, 5.41) is 1.80. The Bertz CT molecular complexity index is 823. The van der Waals surface area contributed by atoms with Crippen molar-refractivity contribution in [1.29, 1.82) is 0 Å². The van der Waals surface area contributed by atoms with Crippen molar-refractivity contribution >= 4 is 34.7 Å². The number of pyridine rings is 1. The van der Waals surface area contributed by atoms with Crippen molar-refractivity contribution in [2.45, 2.75) is 13.5 Å². The van der Waals surface area contributed by atoms with Crippen LogP contribution in [-0.2, 0) is 6.54 Å². The Morgan fingerprint density at radius 1 is 1.44 bits per heavy atom. The highest BCUT2D eigenvalue weighted by Crippen LogP contribution is 2.14. The highest BCUT2D eigenvalue weighted by molar-refractivity contribution is 7.71. The molecular weight excluding hydrogens is 268 g/mol. The summed E-state index contributed by atoms with van der Waals surface area (Å²) in [4.78, 5) is 21.4. The summed E-state index contributed by atoms with van der Waals surface area (Å²) in [6.07, 6.45) is 0. The quantitative estimate of drug-likeness (QED) is 0.706. The molecule has 0 bridgehead atoms. The third kappa shape index (κ3) is 1.91. The minimum atomic E-state index is -0.0551. The molecule has 0 amide bonds. The van der Waals surface area contributed by atoms with Gasteiger partial charge in [0.15, 0.2) is 10.4 Å². The van der Waals surface area contributed by atoms with E-state index in [4.69, 9.17) is 12.2 Å². The van der Waals surface area contributed by atoms with E-state index in [1.54, 1.807) is 5.38 Å². The normalized spacial score (nSPS) is 11.2. The summed E-state index contributed by atoms with van der Waals surface area (Å²) >= 11 is 6.43. The predicted molar refractivity (Wildman–Crippen MR) is 73.7 cm³/mol. The molecule has 3 rings (SSSR count). The molecule has 3 aromatic heterocycles. The second kappa shape index (κ2) is 4.18. The molecule has 92 valence electrons. The van der Waals surface area contributed by atoms with Crippen molar-refractivity contribution in [3.63, 3.8) is 0 Å². The lowest BCUT2D eigenvalue weighted by Crippen LogP contribution is -2.04. The van der Waals surface area contributed by atoms with Crippen molar-refractivity contribution in [3.05, 3.63) is 43.3 Å². The molecule has 0 atom stereocenters. The maximum absolute atomic E-state index is 11.1. The Morgan fingerprint density at radius 2 is 2.28 bits per heavy atom. The van der Waals surface area contributed by atoms with Crippen LogP contribution in [0.5, 0.6) is 0 Å². The van der Waals surface area contributed by atoms with Crippen LogP contribution in [0.3, 0.4) is 0 Å². The van der Waals surface area contributed by atoms with Gasteiger partial charge in [-0.3, -0.25) is 9.36 Å². The van der Waals surface area contributed by atoms with E-state index in [9.17, 15) is 4.79 Å². The van der Waals surface area contributed by atoms with Crippen molar-refractivity contribution in [2.24, 2.45) is 0 Å². The van der Waals surface area contributed by atoms with Gasteiger partial charge in [-0.25, -0.2) is 4.98 Å². The van der Waals surface area contributed by atoms with Gasteiger partial charge >= 0.3 is 4.87 Å². The predicted octanol–water partition coefficient (Wildman–Crippen LogP) is 2.20. The van der Waals surface area contributed by atoms with Gasteiger partial charge in [0, 0.05) is 16.8 Å². The zero-order chi connectivity index (χ0) is 12.7. The number of imidazole rings is 1. The van der Waals surface area contributed by atoms with Crippen LogP contribution in [-0.4, -0.2) is 19.5 Å². The van der Waals surface area contributed by atoms with Crippen molar-refractivity contribution in [1.82, 2.24) is 19.5 Å². The molecule has 3 heterocycles. The Labute approximate surface area is 111 Å². The van der Waals surface area contributed by atoms with E-state index >= 15 is 0 Å². The fraction of sp³-hybridized carbons (Fsp3) is 0.182. The van der Waals surface area contributed by atoms with Gasteiger partial charge in [0.05, 0.1) is 12.1 Å². The maximum Gasteiger partial charge on any atom is 0.304 e. The molecule has 3 aromatic rings. The van der Waals surface area contributed by atoms with E-state index < -0.39 is 0 Å². The smallest absolute Gasteiger partial charge is 0.304 e. The highest BCUT2D eigenvalue weighted by atomic mass is 32.1. The first kappa shape index (κ1) is 11.4. The molecule has 0 unspecified atom stereocenters. The van der Waals surface area contributed by atoms with Crippen molar-refractivity contribution in [2.75, 3.05) is 0 Å². The molecule has 0 aliphatic carbocycles. The van der Waals surface area contributed by atoms with Crippen LogP contribution < -0.4 is 4.87 Å². The molecule has 0 saturated heterocycles. The Morgan fingerprint density at radius 3 is 3.00 bits per heavy atom. The van der Waals surface area contributed by atoms with Crippen LogP contribution in [0.2, 0.25) is 0 Å². The number of hydrogen-bond donors (Lipinski definition) is 2. The molecule has 0 aromatic carbocycles. The van der Waals surface area contributed by atoms with Crippen LogP contribution in [0.1, 0.15) is 11.4 Å². The first-order chi connectivity index (χ1) is 8.63. The number of aromatic nitrogens is 4. The van der Waals surface area contributed by atoms with Crippen LogP contribution >= 0.6 is 23.6 Å². The molecule has 5 nitrogen and oxygen atoms in total. The fourth-order valence-electron chi connectivity index (χ4n) is 1.83. The molecule has 18 heavy (non-hydrogen) atoms. The lowest BCUT2D eigenvalue weighted by atomic mass is 10.3. The number of thiazole rings is 1. The lowest BCUT2D eigenvalue weighted by Gasteiger charge is -2.01. The van der Waals surface area contributed by atoms with Crippen LogP contribution in [0.4, 0.5) is 0 Å². The summed E-state index contributed by atoms with van der Waals surface area (Å²) < 4.78 is 2.49. The number of fused-ring (bicyclic) bond motifs is 1. The molecule has 0 radical (unpaired) electrons. The first-order valence-corrected chi connectivity index (χ1v) is 6.65. The van der Waals surface area contributed by atoms with E-state index in [1.807, 2.05) is 23.6 Å². The zero-order valence-electron chi connectivity index (χ0n) is 9.56. The second-order valence-corrected chi connectivity index (χ2v) is 5.24. The summed E-state index contributed by atoms with van der Waals surface area (Å²) in [7, 11) is 0. The number of hydrogen-bond acceptors (Lipinski definition) is 4. The monoisotopic (exact) mass is 278 g/mol. The molecule has 2 N–H and O–H groups in total. The standard InChI is InChI=1S/C11H10N4OS2/c1-6-2-3-8-9(12-6)15(10(17)14-8)4-7-5-18-11(16)13-7/h2-3,5H,4H2,1H3,(H,13,16)(H,14,17). The minimum Gasteiger partial charge on any atom is -0.329 e. The average Bonchev–Trinajstić information content (AvgIpc) is 2.86. The molecule has 0 aliphatic heterocycles. The largest absolute Gasteiger partial charge is 0.329 e. The van der Waals surface area contributed by atoms with E-state index in [0.717, 1.165) is 33.9 Å². The third-order valence-corrected chi connectivity index (χ3v) is 3.70. The van der Waals surface area contributed by atoms with E-state index in [0.29, 0.717) is 11.3 Å². The topological polar surface area (TPSA) is 66.5 Å². The van der Waals surface area contributed by atoms with E-state index in [2.05, 4.69) is 15.0 Å². The van der Waals surface area contributed by atoms with Crippen LogP contribution in [0.25, 0.3) is 11.2 Å². The van der Waals surface area contributed by atoms with Gasteiger partial charge in [-0.05, 0) is 31.3 Å². The lowest BCUT2D eigenvalue weighted by molar-refractivity contribution is 0.779. The number of nitrogens with one attached hydrogen (secondary N) is 2. The number of H-pyrrole nitrogens is 2. The number of aromatic amines is 2. The van der Waals surface area contributed by atoms with Gasteiger partial charge in [0.25, 0.3) is 0 Å². The van der Waals surface area contributed by atoms with Gasteiger partial charge in [-0.1, -0.05) is 11.3 Å². The van der Waals surface area contributed by atoms with Crippen LogP contribution in [0, 0.1) is 11.7 Å². The van der Waals surface area contributed by atoms with Crippen molar-refractivity contribution < 1.29 is 0 Å². The molecule has 0 aliphatic rings. The first-order valence-electron chi connectivity index (χ1n) is 5.36. The summed E-state index contributed by atoms with van der Waals surface area (Å²) in [6, 6.07) is 3.89. The molecule has 0 saturated carbocycles. The van der Waals surface area contributed by atoms with E-state index in [-0.39, 0.29) is 4.87 Å². The maximum atomic E-state index is 11.1. The molecule has 0 fully saturated rings. The van der Waals surface area contributed by atoms with Gasteiger partial charge < -0.3 is 9.97 Å². The number of rotatable bonds is 2. The average molecular weight is 278 g/mol. The Kier molecular flexibility index (Phi) is 2.64. The number of aryl methyl sites for hydroxylation is 1. The Hall–Kier alpha value is -1.73. The van der Waals surface area contributed by atoms with Crippen LogP contribution in [0.15, 0.2) is 22.3 Å². The third-order valence-electron chi connectivity index (χ3n) is 2.66. The zero-order valence-corrected chi connectivity index (χ0v) is 11.2. The Balaban J connectivity index is 2.16. The van der Waals surface area contributed by atoms with Gasteiger partial charge in [0.1, 0.15) is 0 Å². The summed E-state index contributed by atoms with van der Waals surface area (Å²) in [6.45, 7) is 2.46. The SMILES string of the molecule is Cc1ccc2[nH]c(=S)n(Cc3csc(=O)[nH]3)c2n1. The second-order valence-electron chi connectivity index (χ2n) is 4.01. The summed E-state index contributed by atoms with van der Waals surface area (Å²) in [5.41, 5.74) is 3.49. The van der Waals surface area contributed by atoms with Gasteiger partial charge in [-0.15, -0.1) is 0 Å². The highest BCUT2D eigenvalue weighted by Gasteiger charge is 2.07. The summed E-state index contributed by atoms with van der Waals surface area (Å²) in [5.74, 6) is 0.